The number of nitrogens with one attached hydrogen (secondary N) is 2. The Morgan fingerprint density at radius 3 is 2.73 bits per heavy atom. The van der Waals surface area contributed by atoms with Crippen LogP contribution < -0.4 is 14.9 Å². The molecule has 1 aromatic rings. The average Bonchev–Trinajstić information content (AvgIpc) is 2.90. The van der Waals surface area contributed by atoms with Crippen LogP contribution in [-0.2, 0) is 16.4 Å². The lowest BCUT2D eigenvalue weighted by atomic mass is 10.1. The van der Waals surface area contributed by atoms with E-state index in [1.54, 1.807) is 19.1 Å². The van der Waals surface area contributed by atoms with Gasteiger partial charge in [0.1, 0.15) is 0 Å². The Morgan fingerprint density at radius 2 is 2.09 bits per heavy atom. The van der Waals surface area contributed by atoms with Gasteiger partial charge in [-0.3, -0.25) is 4.31 Å². The number of urea groups is 1. The maximum absolute atomic E-state index is 12.1. The number of rotatable bonds is 5. The fraction of sp³-hybridized carbons (Fsp3) is 0.533. The predicted molar refractivity (Wildman–Crippen MR) is 88.9 cm³/mol. The number of hydrogen-bond acceptors (Lipinski definition) is 3. The van der Waals surface area contributed by atoms with Gasteiger partial charge in [0.15, 0.2) is 0 Å². The van der Waals surface area contributed by atoms with Crippen molar-refractivity contribution in [3.8, 4) is 0 Å². The number of amides is 2. The molecular weight excluding hydrogens is 302 g/mol. The van der Waals surface area contributed by atoms with E-state index >= 15 is 0 Å². The highest BCUT2D eigenvalue weighted by molar-refractivity contribution is 7.92. The Hall–Kier alpha value is -1.76. The largest absolute Gasteiger partial charge is 0.335 e. The van der Waals surface area contributed by atoms with Crippen molar-refractivity contribution in [2.75, 3.05) is 21.9 Å². The molecule has 1 heterocycles. The molecule has 0 radical (unpaired) electrons. The first-order valence-electron chi connectivity index (χ1n) is 7.58. The molecule has 1 atom stereocenters. The van der Waals surface area contributed by atoms with Crippen LogP contribution in [-0.4, -0.2) is 32.8 Å². The first-order chi connectivity index (χ1) is 10.4. The minimum atomic E-state index is -3.27. The molecule has 1 aliphatic rings. The zero-order valence-corrected chi connectivity index (χ0v) is 14.0. The Morgan fingerprint density at radius 1 is 1.36 bits per heavy atom. The van der Waals surface area contributed by atoms with Crippen LogP contribution in [0.1, 0.15) is 32.8 Å². The third kappa shape index (κ3) is 3.52. The number of fused-ring (bicyclic) bond motifs is 1. The molecule has 0 saturated heterocycles. The summed E-state index contributed by atoms with van der Waals surface area (Å²) in [5, 5.41) is 5.57. The molecule has 0 aliphatic carbocycles. The monoisotopic (exact) mass is 325 g/mol. The normalized spacial score (nSPS) is 15.3. The van der Waals surface area contributed by atoms with Crippen LogP contribution in [0.15, 0.2) is 18.2 Å². The number of carbonyl (C=O) groups is 1. The molecular formula is C15H23N3O3S. The predicted octanol–water partition coefficient (Wildman–Crippen LogP) is 2.32. The van der Waals surface area contributed by atoms with Gasteiger partial charge in [-0.1, -0.05) is 13.0 Å². The van der Waals surface area contributed by atoms with Crippen LogP contribution in [0.5, 0.6) is 0 Å². The molecule has 2 rings (SSSR count). The van der Waals surface area contributed by atoms with Crippen molar-refractivity contribution >= 4 is 27.4 Å². The molecule has 1 unspecified atom stereocenters. The average molecular weight is 325 g/mol. The number of benzene rings is 1. The van der Waals surface area contributed by atoms with E-state index in [1.165, 1.54) is 4.31 Å². The van der Waals surface area contributed by atoms with E-state index in [0.29, 0.717) is 24.3 Å². The van der Waals surface area contributed by atoms with Crippen molar-refractivity contribution in [2.24, 2.45) is 0 Å². The Kier molecular flexibility index (Phi) is 4.95. The molecule has 0 aromatic heterocycles. The zero-order valence-electron chi connectivity index (χ0n) is 13.2. The second-order valence-corrected chi connectivity index (χ2v) is 7.66. The summed E-state index contributed by atoms with van der Waals surface area (Å²) in [5.41, 5.74) is 2.26. The number of anilines is 2. The highest BCUT2D eigenvalue weighted by atomic mass is 32.2. The number of nitrogens with zero attached hydrogens (tertiary/aromatic N) is 1. The highest BCUT2D eigenvalue weighted by Gasteiger charge is 2.28. The summed E-state index contributed by atoms with van der Waals surface area (Å²) in [5.74, 6) is 0.0681. The van der Waals surface area contributed by atoms with E-state index in [-0.39, 0.29) is 17.8 Å². The quantitative estimate of drug-likeness (QED) is 0.872. The lowest BCUT2D eigenvalue weighted by Crippen LogP contribution is -2.35. The van der Waals surface area contributed by atoms with Gasteiger partial charge >= 0.3 is 6.03 Å². The molecule has 0 bridgehead atoms. The lowest BCUT2D eigenvalue weighted by Gasteiger charge is -2.19. The van der Waals surface area contributed by atoms with E-state index in [0.717, 1.165) is 12.0 Å². The van der Waals surface area contributed by atoms with Crippen molar-refractivity contribution in [3.05, 3.63) is 23.8 Å². The molecule has 0 spiro atoms. The first-order valence-corrected chi connectivity index (χ1v) is 9.19. The maximum atomic E-state index is 12.1. The van der Waals surface area contributed by atoms with Crippen LogP contribution in [0.25, 0.3) is 0 Å². The van der Waals surface area contributed by atoms with Crippen LogP contribution in [0, 0.1) is 0 Å². The first kappa shape index (κ1) is 16.6. The SMILES string of the molecule is CCC(C)NC(=O)Nc1ccc2c(c1)N(S(=O)(=O)CC)CC2. The van der Waals surface area contributed by atoms with Gasteiger partial charge in [0, 0.05) is 18.3 Å². The molecule has 6 nitrogen and oxygen atoms in total. The summed E-state index contributed by atoms with van der Waals surface area (Å²) in [6, 6.07) is 5.21. The van der Waals surface area contributed by atoms with E-state index in [9.17, 15) is 13.2 Å². The second-order valence-electron chi connectivity index (χ2n) is 5.47. The number of sulfonamides is 1. The lowest BCUT2D eigenvalue weighted by molar-refractivity contribution is 0.249. The molecule has 2 amide bonds. The molecule has 122 valence electrons. The van der Waals surface area contributed by atoms with Crippen molar-refractivity contribution in [1.82, 2.24) is 5.32 Å². The Labute approximate surface area is 131 Å². The van der Waals surface area contributed by atoms with Gasteiger partial charge in [-0.05, 0) is 44.4 Å². The molecule has 0 saturated carbocycles. The summed E-state index contributed by atoms with van der Waals surface area (Å²) < 4.78 is 25.6. The zero-order chi connectivity index (χ0) is 16.3. The smallest absolute Gasteiger partial charge is 0.319 e. The molecule has 0 fully saturated rings. The summed E-state index contributed by atoms with van der Waals surface area (Å²) in [4.78, 5) is 11.9. The van der Waals surface area contributed by atoms with Gasteiger partial charge in [0.05, 0.1) is 11.4 Å². The van der Waals surface area contributed by atoms with Gasteiger partial charge in [0.2, 0.25) is 10.0 Å². The Bertz CT molecular complexity index is 658. The summed E-state index contributed by atoms with van der Waals surface area (Å²) in [7, 11) is -3.27. The summed E-state index contributed by atoms with van der Waals surface area (Å²) in [6.45, 7) is 6.02. The summed E-state index contributed by atoms with van der Waals surface area (Å²) in [6.07, 6.45) is 1.55. The van der Waals surface area contributed by atoms with Gasteiger partial charge in [0.25, 0.3) is 0 Å². The standard InChI is InChI=1S/C15H23N3O3S/c1-4-11(3)16-15(19)17-13-7-6-12-8-9-18(14(12)10-13)22(20,21)5-2/h6-7,10-11H,4-5,8-9H2,1-3H3,(H2,16,17,19). The van der Waals surface area contributed by atoms with Gasteiger partial charge in [-0.15, -0.1) is 0 Å². The van der Waals surface area contributed by atoms with Crippen molar-refractivity contribution in [1.29, 1.82) is 0 Å². The fourth-order valence-electron chi connectivity index (χ4n) is 2.37. The van der Waals surface area contributed by atoms with E-state index in [2.05, 4.69) is 10.6 Å². The molecule has 1 aromatic carbocycles. The molecule has 22 heavy (non-hydrogen) atoms. The number of carbonyl (C=O) groups excluding carboxylic acids is 1. The fourth-order valence-corrected chi connectivity index (χ4v) is 3.52. The third-order valence-electron chi connectivity index (χ3n) is 3.89. The molecule has 1 aliphatic heterocycles. The van der Waals surface area contributed by atoms with Crippen LogP contribution in [0.2, 0.25) is 0 Å². The summed E-state index contributed by atoms with van der Waals surface area (Å²) >= 11 is 0. The molecule has 2 N–H and O–H groups in total. The van der Waals surface area contributed by atoms with Crippen LogP contribution in [0.4, 0.5) is 16.2 Å². The van der Waals surface area contributed by atoms with Gasteiger partial charge in [-0.2, -0.15) is 0 Å². The highest BCUT2D eigenvalue weighted by Crippen LogP contribution is 2.32. The minimum Gasteiger partial charge on any atom is -0.335 e. The second kappa shape index (κ2) is 6.56. The van der Waals surface area contributed by atoms with E-state index in [1.807, 2.05) is 19.9 Å². The van der Waals surface area contributed by atoms with E-state index in [4.69, 9.17) is 0 Å². The minimum absolute atomic E-state index is 0.0681. The van der Waals surface area contributed by atoms with Gasteiger partial charge in [-0.25, -0.2) is 13.2 Å². The van der Waals surface area contributed by atoms with Crippen molar-refractivity contribution < 1.29 is 13.2 Å². The van der Waals surface area contributed by atoms with Crippen molar-refractivity contribution in [2.45, 2.75) is 39.7 Å². The van der Waals surface area contributed by atoms with Gasteiger partial charge < -0.3 is 10.6 Å². The third-order valence-corrected chi connectivity index (χ3v) is 5.67. The topological polar surface area (TPSA) is 78.5 Å². The maximum Gasteiger partial charge on any atom is 0.319 e. The van der Waals surface area contributed by atoms with Crippen molar-refractivity contribution in [3.63, 3.8) is 0 Å². The number of hydrogen-bond donors (Lipinski definition) is 2. The van der Waals surface area contributed by atoms with Crippen LogP contribution >= 0.6 is 0 Å². The van der Waals surface area contributed by atoms with Crippen LogP contribution in [0.3, 0.4) is 0 Å². The Balaban J connectivity index is 2.18. The van der Waals surface area contributed by atoms with E-state index < -0.39 is 10.0 Å². The molecule has 7 heteroatoms.